The van der Waals surface area contributed by atoms with Gasteiger partial charge in [-0.15, -0.1) is 0 Å². The number of rotatable bonds is 3. The van der Waals surface area contributed by atoms with Gasteiger partial charge in [0, 0.05) is 32.1 Å². The van der Waals surface area contributed by atoms with Gasteiger partial charge in [0.25, 0.3) is 0 Å². The number of hydrogen-bond acceptors (Lipinski definition) is 2. The largest absolute Gasteiger partial charge is 0.481 e. The summed E-state index contributed by atoms with van der Waals surface area (Å²) in [6.07, 6.45) is 6.87. The van der Waals surface area contributed by atoms with Crippen molar-refractivity contribution in [3.05, 3.63) is 11.6 Å². The second-order valence-electron chi connectivity index (χ2n) is 5.82. The van der Waals surface area contributed by atoms with Gasteiger partial charge in [-0.05, 0) is 39.0 Å². The van der Waals surface area contributed by atoms with Crippen molar-refractivity contribution in [2.75, 3.05) is 19.6 Å². The molecule has 1 fully saturated rings. The molecule has 1 N–H and O–H groups in total. The van der Waals surface area contributed by atoms with E-state index in [1.165, 1.54) is 5.57 Å². The van der Waals surface area contributed by atoms with E-state index in [1.807, 2.05) is 9.80 Å². The minimum atomic E-state index is -0.778. The number of carbonyl (C=O) groups excluding carboxylic acids is 1. The topological polar surface area (TPSA) is 60.9 Å². The molecule has 5 nitrogen and oxygen atoms in total. The molecule has 1 saturated heterocycles. The van der Waals surface area contributed by atoms with Gasteiger partial charge >= 0.3 is 12.0 Å². The lowest BCUT2D eigenvalue weighted by atomic mass is 9.98. The molecule has 0 spiro atoms. The molecule has 2 heterocycles. The van der Waals surface area contributed by atoms with E-state index in [0.29, 0.717) is 13.0 Å². The minimum absolute atomic E-state index is 0.0903. The lowest BCUT2D eigenvalue weighted by Gasteiger charge is -2.40. The van der Waals surface area contributed by atoms with E-state index in [9.17, 15) is 9.59 Å². The summed E-state index contributed by atoms with van der Waals surface area (Å²) in [7, 11) is 0. The van der Waals surface area contributed by atoms with Crippen LogP contribution in [0.1, 0.15) is 45.4 Å². The summed E-state index contributed by atoms with van der Waals surface area (Å²) >= 11 is 0. The van der Waals surface area contributed by atoms with Crippen molar-refractivity contribution in [1.82, 2.24) is 9.80 Å². The summed E-state index contributed by atoms with van der Waals surface area (Å²) < 4.78 is 0. The molecular weight excluding hydrogens is 256 g/mol. The maximum absolute atomic E-state index is 12.6. The second kappa shape index (κ2) is 6.77. The van der Waals surface area contributed by atoms with E-state index in [0.717, 1.165) is 38.8 Å². The normalized spacial score (nSPS) is 23.4. The Kier molecular flexibility index (Phi) is 5.04. The molecular formula is C15H24N2O3. The fraction of sp³-hybridized carbons (Fsp3) is 0.733. The molecule has 0 radical (unpaired) electrons. The average molecular weight is 280 g/mol. The van der Waals surface area contributed by atoms with Gasteiger partial charge in [-0.3, -0.25) is 4.79 Å². The van der Waals surface area contributed by atoms with Crippen molar-refractivity contribution in [3.8, 4) is 0 Å². The number of carbonyl (C=O) groups is 2. The zero-order valence-electron chi connectivity index (χ0n) is 12.2. The van der Waals surface area contributed by atoms with Crippen LogP contribution in [0.2, 0.25) is 0 Å². The van der Waals surface area contributed by atoms with Crippen molar-refractivity contribution in [2.45, 2.75) is 51.5 Å². The van der Waals surface area contributed by atoms with Crippen LogP contribution in [0.15, 0.2) is 11.6 Å². The van der Waals surface area contributed by atoms with Crippen LogP contribution in [-0.2, 0) is 4.79 Å². The predicted molar refractivity (Wildman–Crippen MR) is 76.6 cm³/mol. The molecule has 0 aromatic heterocycles. The Morgan fingerprint density at radius 2 is 2.15 bits per heavy atom. The highest BCUT2D eigenvalue weighted by molar-refractivity contribution is 5.75. The summed E-state index contributed by atoms with van der Waals surface area (Å²) in [5, 5.41) is 8.83. The number of hydrogen-bond donors (Lipinski definition) is 1. The first kappa shape index (κ1) is 14.9. The molecule has 5 heteroatoms. The van der Waals surface area contributed by atoms with Gasteiger partial charge in [0.15, 0.2) is 0 Å². The van der Waals surface area contributed by atoms with E-state index < -0.39 is 5.97 Å². The first-order chi connectivity index (χ1) is 9.58. The van der Waals surface area contributed by atoms with Gasteiger partial charge in [-0.2, -0.15) is 0 Å². The summed E-state index contributed by atoms with van der Waals surface area (Å²) in [6.45, 7) is 4.30. The van der Waals surface area contributed by atoms with Crippen molar-refractivity contribution in [2.24, 2.45) is 0 Å². The Bertz CT molecular complexity index is 406. The molecule has 112 valence electrons. The SMILES string of the molecule is CC1=CCCN(C(=O)N2CCCCC2CCC(=O)O)C1. The van der Waals surface area contributed by atoms with E-state index >= 15 is 0 Å². The fourth-order valence-electron chi connectivity index (χ4n) is 3.10. The van der Waals surface area contributed by atoms with Crippen LogP contribution >= 0.6 is 0 Å². The second-order valence-corrected chi connectivity index (χ2v) is 5.82. The number of amides is 2. The molecule has 1 atom stereocenters. The molecule has 2 amide bonds. The van der Waals surface area contributed by atoms with Gasteiger partial charge in [-0.25, -0.2) is 4.79 Å². The van der Waals surface area contributed by atoms with Crippen molar-refractivity contribution in [1.29, 1.82) is 0 Å². The Morgan fingerprint density at radius 3 is 2.85 bits per heavy atom. The Balaban J connectivity index is 1.97. The monoisotopic (exact) mass is 280 g/mol. The maximum atomic E-state index is 12.6. The average Bonchev–Trinajstić information content (AvgIpc) is 2.44. The lowest BCUT2D eigenvalue weighted by molar-refractivity contribution is -0.137. The van der Waals surface area contributed by atoms with E-state index in [2.05, 4.69) is 13.0 Å². The van der Waals surface area contributed by atoms with Crippen LogP contribution < -0.4 is 0 Å². The highest BCUT2D eigenvalue weighted by atomic mass is 16.4. The summed E-state index contributed by atoms with van der Waals surface area (Å²) in [4.78, 5) is 27.2. The van der Waals surface area contributed by atoms with Crippen molar-refractivity contribution in [3.63, 3.8) is 0 Å². The minimum Gasteiger partial charge on any atom is -0.481 e. The first-order valence-electron chi connectivity index (χ1n) is 7.51. The highest BCUT2D eigenvalue weighted by Crippen LogP contribution is 2.23. The molecule has 0 bridgehead atoms. The van der Waals surface area contributed by atoms with Crippen LogP contribution in [0, 0.1) is 0 Å². The Morgan fingerprint density at radius 1 is 1.35 bits per heavy atom. The number of carboxylic acids is 1. The predicted octanol–water partition coefficient (Wildman–Crippen LogP) is 2.48. The molecule has 2 aliphatic heterocycles. The van der Waals surface area contributed by atoms with Gasteiger partial charge in [0.05, 0.1) is 0 Å². The fourth-order valence-corrected chi connectivity index (χ4v) is 3.10. The Labute approximate surface area is 120 Å². The third kappa shape index (κ3) is 3.74. The maximum Gasteiger partial charge on any atom is 0.320 e. The molecule has 20 heavy (non-hydrogen) atoms. The molecule has 0 aromatic carbocycles. The van der Waals surface area contributed by atoms with E-state index in [-0.39, 0.29) is 18.5 Å². The number of likely N-dealkylation sites (tertiary alicyclic amines) is 1. The lowest BCUT2D eigenvalue weighted by Crippen LogP contribution is -2.51. The zero-order chi connectivity index (χ0) is 14.5. The number of piperidine rings is 1. The number of aliphatic carboxylic acids is 1. The van der Waals surface area contributed by atoms with Crippen molar-refractivity contribution >= 4 is 12.0 Å². The third-order valence-corrected chi connectivity index (χ3v) is 4.17. The number of carboxylic acid groups (broad SMARTS) is 1. The molecule has 0 aromatic rings. The van der Waals surface area contributed by atoms with Crippen molar-refractivity contribution < 1.29 is 14.7 Å². The summed E-state index contributed by atoms with van der Waals surface area (Å²) in [5.74, 6) is -0.778. The summed E-state index contributed by atoms with van der Waals surface area (Å²) in [6, 6.07) is 0.186. The van der Waals surface area contributed by atoms with Gasteiger partial charge in [0.1, 0.15) is 0 Å². The van der Waals surface area contributed by atoms with Crippen LogP contribution in [0.3, 0.4) is 0 Å². The van der Waals surface area contributed by atoms with Gasteiger partial charge in [0.2, 0.25) is 0 Å². The number of nitrogens with zero attached hydrogens (tertiary/aromatic N) is 2. The molecule has 2 rings (SSSR count). The standard InChI is InChI=1S/C15H24N2O3/c1-12-5-4-9-16(11-12)15(20)17-10-3-2-6-13(17)7-8-14(18)19/h5,13H,2-4,6-11H2,1H3,(H,18,19). The molecule has 0 saturated carbocycles. The third-order valence-electron chi connectivity index (χ3n) is 4.17. The summed E-state index contributed by atoms with van der Waals surface area (Å²) in [5.41, 5.74) is 1.24. The zero-order valence-corrected chi connectivity index (χ0v) is 12.2. The van der Waals surface area contributed by atoms with Crippen LogP contribution in [0.4, 0.5) is 4.79 Å². The van der Waals surface area contributed by atoms with Crippen LogP contribution in [-0.4, -0.2) is 52.6 Å². The molecule has 0 aliphatic carbocycles. The molecule has 2 aliphatic rings. The van der Waals surface area contributed by atoms with Gasteiger partial charge < -0.3 is 14.9 Å². The van der Waals surface area contributed by atoms with E-state index in [1.54, 1.807) is 0 Å². The van der Waals surface area contributed by atoms with Crippen LogP contribution in [0.5, 0.6) is 0 Å². The Hall–Kier alpha value is -1.52. The quantitative estimate of drug-likeness (QED) is 0.808. The van der Waals surface area contributed by atoms with E-state index in [4.69, 9.17) is 5.11 Å². The van der Waals surface area contributed by atoms with Gasteiger partial charge in [-0.1, -0.05) is 11.6 Å². The smallest absolute Gasteiger partial charge is 0.320 e. The number of urea groups is 1. The van der Waals surface area contributed by atoms with Crippen LogP contribution in [0.25, 0.3) is 0 Å². The first-order valence-corrected chi connectivity index (χ1v) is 7.51. The highest BCUT2D eigenvalue weighted by Gasteiger charge is 2.30. The molecule has 1 unspecified atom stereocenters.